The molecule has 0 atom stereocenters. The van der Waals surface area contributed by atoms with Crippen molar-refractivity contribution >= 4 is 43.9 Å². The third kappa shape index (κ3) is 1.82. The van der Waals surface area contributed by atoms with E-state index < -0.39 is 11.6 Å². The first-order chi connectivity index (χ1) is 13.8. The van der Waals surface area contributed by atoms with E-state index in [9.17, 15) is 9.59 Å². The van der Waals surface area contributed by atoms with E-state index in [0.29, 0.717) is 11.1 Å². The zero-order chi connectivity index (χ0) is 18.8. The van der Waals surface area contributed by atoms with Gasteiger partial charge < -0.3 is 0 Å². The lowest BCUT2D eigenvalue weighted by Crippen LogP contribution is -2.21. The van der Waals surface area contributed by atoms with Crippen LogP contribution in [0, 0.1) is 0 Å². The highest BCUT2D eigenvalue weighted by atomic mass is 16.2. The van der Waals surface area contributed by atoms with E-state index in [0.717, 1.165) is 43.4 Å². The molecule has 5 aromatic carbocycles. The van der Waals surface area contributed by atoms with Crippen LogP contribution in [-0.4, -0.2) is 11.6 Å². The lowest BCUT2D eigenvalue weighted by molar-refractivity contribution is 0.0816. The molecule has 1 aliphatic rings. The van der Waals surface area contributed by atoms with Gasteiger partial charge in [0.05, 0.1) is 0 Å². The Hall–Kier alpha value is -3.78. The SMILES string of the molecule is O=C1C(=O)c2c(ccc3c4ccccc4c4ccccc4c23)-c2ccccc21. The van der Waals surface area contributed by atoms with Crippen LogP contribution in [0.1, 0.15) is 20.7 Å². The van der Waals surface area contributed by atoms with Gasteiger partial charge in [0, 0.05) is 16.5 Å². The maximum Gasteiger partial charge on any atom is 0.234 e. The topological polar surface area (TPSA) is 34.1 Å². The minimum absolute atomic E-state index is 0.417. The molecule has 2 heteroatoms. The van der Waals surface area contributed by atoms with Crippen LogP contribution in [-0.2, 0) is 0 Å². The van der Waals surface area contributed by atoms with E-state index in [1.165, 1.54) is 0 Å². The summed E-state index contributed by atoms with van der Waals surface area (Å²) >= 11 is 0. The van der Waals surface area contributed by atoms with Crippen molar-refractivity contribution in [2.75, 3.05) is 0 Å². The molecule has 0 aromatic heterocycles. The second-order valence-electron chi connectivity index (χ2n) is 7.21. The highest BCUT2D eigenvalue weighted by Crippen LogP contribution is 2.43. The predicted molar refractivity (Wildman–Crippen MR) is 113 cm³/mol. The second-order valence-corrected chi connectivity index (χ2v) is 7.21. The number of rotatable bonds is 0. The Kier molecular flexibility index (Phi) is 2.93. The van der Waals surface area contributed by atoms with E-state index >= 15 is 0 Å². The van der Waals surface area contributed by atoms with Crippen LogP contribution in [0.4, 0.5) is 0 Å². The molecule has 0 amide bonds. The van der Waals surface area contributed by atoms with Gasteiger partial charge in [-0.15, -0.1) is 0 Å². The van der Waals surface area contributed by atoms with E-state index in [4.69, 9.17) is 0 Å². The molecular weight excluding hydrogens is 344 g/mol. The molecule has 1 aliphatic carbocycles. The molecule has 0 saturated heterocycles. The highest BCUT2D eigenvalue weighted by molar-refractivity contribution is 6.55. The smallest absolute Gasteiger partial charge is 0.234 e. The van der Waals surface area contributed by atoms with Crippen LogP contribution in [0.2, 0.25) is 0 Å². The van der Waals surface area contributed by atoms with Gasteiger partial charge in [0.2, 0.25) is 11.6 Å². The number of hydrogen-bond donors (Lipinski definition) is 0. The summed E-state index contributed by atoms with van der Waals surface area (Å²) in [7, 11) is 0. The van der Waals surface area contributed by atoms with Crippen LogP contribution in [0.3, 0.4) is 0 Å². The Balaban J connectivity index is 1.93. The number of benzene rings is 5. The fourth-order valence-electron chi connectivity index (χ4n) is 4.61. The third-order valence-corrected chi connectivity index (χ3v) is 5.80. The van der Waals surface area contributed by atoms with Crippen LogP contribution in [0.15, 0.2) is 84.9 Å². The summed E-state index contributed by atoms with van der Waals surface area (Å²) in [5.74, 6) is -0.840. The first-order valence-corrected chi connectivity index (χ1v) is 9.30. The van der Waals surface area contributed by atoms with Crippen molar-refractivity contribution in [2.45, 2.75) is 0 Å². The molecule has 0 unspecified atom stereocenters. The maximum absolute atomic E-state index is 13.2. The minimum Gasteiger partial charge on any atom is -0.285 e. The number of ketones is 2. The number of Topliss-reactive ketones (excluding diaryl/α,β-unsaturated/α-hetero) is 2. The summed E-state index contributed by atoms with van der Waals surface area (Å²) < 4.78 is 0. The Bertz CT molecular complexity index is 1460. The molecule has 0 bridgehead atoms. The monoisotopic (exact) mass is 358 g/mol. The van der Waals surface area contributed by atoms with Crippen molar-refractivity contribution in [3.05, 3.63) is 96.1 Å². The van der Waals surface area contributed by atoms with Crippen molar-refractivity contribution in [1.82, 2.24) is 0 Å². The number of hydrogen-bond acceptors (Lipinski definition) is 2. The van der Waals surface area contributed by atoms with Gasteiger partial charge in [-0.3, -0.25) is 9.59 Å². The molecule has 0 saturated carbocycles. The lowest BCUT2D eigenvalue weighted by atomic mass is 9.79. The molecular formula is C26H14O2. The summed E-state index contributed by atoms with van der Waals surface area (Å²) in [6, 6.07) is 27.8. The van der Waals surface area contributed by atoms with Crippen molar-refractivity contribution in [2.24, 2.45) is 0 Å². The minimum atomic E-state index is -0.423. The molecule has 0 aliphatic heterocycles. The van der Waals surface area contributed by atoms with Crippen molar-refractivity contribution in [3.8, 4) is 11.1 Å². The van der Waals surface area contributed by atoms with Gasteiger partial charge in [-0.25, -0.2) is 0 Å². The molecule has 28 heavy (non-hydrogen) atoms. The second kappa shape index (κ2) is 5.37. The molecule has 5 aromatic rings. The quantitative estimate of drug-likeness (QED) is 0.244. The molecule has 0 heterocycles. The van der Waals surface area contributed by atoms with Crippen molar-refractivity contribution < 1.29 is 9.59 Å². The first-order valence-electron chi connectivity index (χ1n) is 9.30. The molecule has 0 radical (unpaired) electrons. The van der Waals surface area contributed by atoms with Crippen LogP contribution in [0.25, 0.3) is 43.4 Å². The van der Waals surface area contributed by atoms with E-state index in [1.807, 2.05) is 48.5 Å². The first kappa shape index (κ1) is 15.3. The molecule has 0 N–H and O–H groups in total. The molecule has 0 spiro atoms. The summed E-state index contributed by atoms with van der Waals surface area (Å²) in [6.45, 7) is 0. The van der Waals surface area contributed by atoms with E-state index in [2.05, 4.69) is 24.3 Å². The lowest BCUT2D eigenvalue weighted by Gasteiger charge is -2.21. The summed E-state index contributed by atoms with van der Waals surface area (Å²) in [4.78, 5) is 26.1. The zero-order valence-corrected chi connectivity index (χ0v) is 14.9. The third-order valence-electron chi connectivity index (χ3n) is 5.80. The Morgan fingerprint density at radius 2 is 0.893 bits per heavy atom. The number of carbonyl (C=O) groups is 2. The standard InChI is InChI=1S/C26H14O2/c27-25-22-12-6-4-10-18(22)21-14-13-20-17-9-2-1-7-15(17)16-8-3-5-11-19(16)23(20)24(21)26(25)28/h1-14H. The van der Waals surface area contributed by atoms with Gasteiger partial charge in [-0.05, 0) is 38.1 Å². The van der Waals surface area contributed by atoms with Crippen molar-refractivity contribution in [1.29, 1.82) is 0 Å². The average molecular weight is 358 g/mol. The van der Waals surface area contributed by atoms with E-state index in [1.54, 1.807) is 12.1 Å². The fraction of sp³-hybridized carbons (Fsp3) is 0. The highest BCUT2D eigenvalue weighted by Gasteiger charge is 2.32. The Labute approximate surface area is 161 Å². The normalized spacial score (nSPS) is 13.1. The number of fused-ring (bicyclic) bond motifs is 10. The predicted octanol–water partition coefficient (Wildman–Crippen LogP) is 6.19. The van der Waals surface area contributed by atoms with Gasteiger partial charge in [-0.2, -0.15) is 0 Å². The van der Waals surface area contributed by atoms with Crippen molar-refractivity contribution in [3.63, 3.8) is 0 Å². The van der Waals surface area contributed by atoms with Crippen LogP contribution < -0.4 is 0 Å². The van der Waals surface area contributed by atoms with Gasteiger partial charge in [0.15, 0.2) is 0 Å². The molecule has 0 fully saturated rings. The molecule has 6 rings (SSSR count). The molecule has 2 nitrogen and oxygen atoms in total. The van der Waals surface area contributed by atoms with Gasteiger partial charge >= 0.3 is 0 Å². The Morgan fingerprint density at radius 3 is 1.57 bits per heavy atom. The van der Waals surface area contributed by atoms with Gasteiger partial charge in [-0.1, -0.05) is 84.9 Å². The average Bonchev–Trinajstić information content (AvgIpc) is 2.77. The zero-order valence-electron chi connectivity index (χ0n) is 14.9. The van der Waals surface area contributed by atoms with E-state index in [-0.39, 0.29) is 0 Å². The fourth-order valence-corrected chi connectivity index (χ4v) is 4.61. The number of carbonyl (C=O) groups excluding carboxylic acids is 2. The Morgan fingerprint density at radius 1 is 0.393 bits per heavy atom. The summed E-state index contributed by atoms with van der Waals surface area (Å²) in [5, 5.41) is 6.23. The molecule has 130 valence electrons. The summed E-state index contributed by atoms with van der Waals surface area (Å²) in [6.07, 6.45) is 0. The van der Waals surface area contributed by atoms with Gasteiger partial charge in [0.25, 0.3) is 0 Å². The largest absolute Gasteiger partial charge is 0.285 e. The maximum atomic E-state index is 13.2. The summed E-state index contributed by atoms with van der Waals surface area (Å²) in [5.41, 5.74) is 2.70. The van der Waals surface area contributed by atoms with Crippen LogP contribution in [0.5, 0.6) is 0 Å². The van der Waals surface area contributed by atoms with Crippen LogP contribution >= 0.6 is 0 Å². The van der Waals surface area contributed by atoms with Gasteiger partial charge in [0.1, 0.15) is 0 Å².